The summed E-state index contributed by atoms with van der Waals surface area (Å²) in [5, 5.41) is 0. The second-order valence-electron chi connectivity index (χ2n) is 17.1. The Kier molecular flexibility index (Phi) is 15.1. The van der Waals surface area contributed by atoms with Crippen LogP contribution in [0.25, 0.3) is 0 Å². The van der Waals surface area contributed by atoms with Crippen LogP contribution in [-0.2, 0) is 34.0 Å². The number of rotatable bonds is 9. The van der Waals surface area contributed by atoms with Crippen LogP contribution in [0.4, 0.5) is 30.7 Å². The van der Waals surface area contributed by atoms with Crippen molar-refractivity contribution in [2.75, 3.05) is 19.6 Å². The first-order valence-electron chi connectivity index (χ1n) is 21.6. The van der Waals surface area contributed by atoms with E-state index in [0.29, 0.717) is 62.4 Å². The SMILES string of the molecule is Cc1cnccc1CN1CC(c2cc(F)c(F)c(F)c2)CC1=O.Cc1cnccc1CN1CC(c2cc(F)cc(F)c2)CC1=O.Cc1cnccc1CN1CC(c2ccc(F)c(F)c2)CC1=O. The molecule has 3 aromatic carbocycles. The van der Waals surface area contributed by atoms with Gasteiger partial charge in [-0.15, -0.1) is 0 Å². The molecule has 0 saturated carbocycles. The average Bonchev–Trinajstić information content (AvgIpc) is 3.98. The molecule has 3 unspecified atom stereocenters. The average molecular weight is 925 g/mol. The third-order valence-corrected chi connectivity index (χ3v) is 12.4. The first-order chi connectivity index (χ1) is 32.0. The van der Waals surface area contributed by atoms with Crippen LogP contribution < -0.4 is 0 Å². The maximum atomic E-state index is 13.4. The van der Waals surface area contributed by atoms with Crippen LogP contribution in [0.5, 0.6) is 0 Å². The van der Waals surface area contributed by atoms with E-state index in [1.165, 1.54) is 18.2 Å². The first kappa shape index (κ1) is 48.0. The molecule has 348 valence electrons. The molecule has 6 aromatic rings. The molecule has 0 spiro atoms. The number of nitrogens with zero attached hydrogens (tertiary/aromatic N) is 6. The van der Waals surface area contributed by atoms with E-state index in [4.69, 9.17) is 0 Å². The molecule has 3 aliphatic rings. The van der Waals surface area contributed by atoms with Gasteiger partial charge >= 0.3 is 0 Å². The van der Waals surface area contributed by atoms with Crippen molar-refractivity contribution in [1.29, 1.82) is 0 Å². The van der Waals surface area contributed by atoms with Gasteiger partial charge in [0.1, 0.15) is 11.6 Å². The zero-order chi connectivity index (χ0) is 47.9. The quantitative estimate of drug-likeness (QED) is 0.106. The first-order valence-corrected chi connectivity index (χ1v) is 21.6. The van der Waals surface area contributed by atoms with Gasteiger partial charge in [0.05, 0.1) is 0 Å². The van der Waals surface area contributed by atoms with E-state index in [9.17, 15) is 45.1 Å². The van der Waals surface area contributed by atoms with Crippen molar-refractivity contribution in [1.82, 2.24) is 29.7 Å². The van der Waals surface area contributed by atoms with E-state index in [-0.39, 0.29) is 48.3 Å². The van der Waals surface area contributed by atoms with Gasteiger partial charge in [-0.1, -0.05) is 6.07 Å². The highest BCUT2D eigenvalue weighted by atomic mass is 19.2. The number of benzene rings is 3. The summed E-state index contributed by atoms with van der Waals surface area (Å²) in [5.41, 5.74) is 7.61. The standard InChI is InChI=1S/C17H15F3N2O.2C17H16F2N2O/c1-10-7-21-3-2-11(10)8-22-9-13(6-16(22)23)12-4-14(18)17(20)15(19)5-12;1-11-8-20-3-2-12(11)9-21-10-14(6-17(21)22)13-4-15(18)7-16(19)5-13;1-11-8-20-5-4-13(11)9-21-10-14(7-17(21)22)12-2-3-15(18)16(19)6-12/h2-5,7,13H,6,8-9H2,1H3;2-5,7-8,14H,6,9-10H2,1H3;2-6,8,14H,7,9-10H2,1H3. The van der Waals surface area contributed by atoms with Crippen molar-refractivity contribution in [3.05, 3.63) is 195 Å². The Bertz CT molecular complexity index is 2750. The summed E-state index contributed by atoms with van der Waals surface area (Å²) in [6.45, 7) is 8.61. The largest absolute Gasteiger partial charge is 0.338 e. The van der Waals surface area contributed by atoms with Crippen LogP contribution in [0.2, 0.25) is 0 Å². The van der Waals surface area contributed by atoms with Gasteiger partial charge in [0, 0.05) is 120 Å². The molecule has 3 amide bonds. The minimum Gasteiger partial charge on any atom is -0.338 e. The molecule has 3 fully saturated rings. The molecule has 0 radical (unpaired) electrons. The van der Waals surface area contributed by atoms with Crippen LogP contribution in [0.3, 0.4) is 0 Å². The lowest BCUT2D eigenvalue weighted by Crippen LogP contribution is -2.24. The number of carbonyl (C=O) groups is 3. The normalized spacial score (nSPS) is 18.0. The van der Waals surface area contributed by atoms with Crippen molar-refractivity contribution in [2.24, 2.45) is 0 Å². The summed E-state index contributed by atoms with van der Waals surface area (Å²) in [6.07, 6.45) is 11.1. The molecule has 3 saturated heterocycles. The lowest BCUT2D eigenvalue weighted by molar-refractivity contribution is -0.129. The Morgan fingerprint density at radius 1 is 0.448 bits per heavy atom. The van der Waals surface area contributed by atoms with Crippen molar-refractivity contribution in [2.45, 2.75) is 77.4 Å². The van der Waals surface area contributed by atoms with Gasteiger partial charge in [-0.2, -0.15) is 0 Å². The molecule has 0 aliphatic carbocycles. The van der Waals surface area contributed by atoms with Gasteiger partial charge in [-0.05, 0) is 125 Å². The van der Waals surface area contributed by atoms with Crippen LogP contribution in [0, 0.1) is 61.5 Å². The summed E-state index contributed by atoms with van der Waals surface area (Å²) in [7, 11) is 0. The summed E-state index contributed by atoms with van der Waals surface area (Å²) < 4.78 is 92.8. The van der Waals surface area contributed by atoms with Gasteiger partial charge in [-0.25, -0.2) is 30.7 Å². The Balaban J connectivity index is 0.000000149. The minimum atomic E-state index is -1.48. The van der Waals surface area contributed by atoms with Crippen LogP contribution >= 0.6 is 0 Å². The number of aryl methyl sites for hydroxylation is 3. The van der Waals surface area contributed by atoms with Crippen molar-refractivity contribution in [3.63, 3.8) is 0 Å². The minimum absolute atomic E-state index is 0.00545. The summed E-state index contributed by atoms with van der Waals surface area (Å²) in [5.74, 6) is -7.52. The third-order valence-electron chi connectivity index (χ3n) is 12.4. The highest BCUT2D eigenvalue weighted by Gasteiger charge is 2.34. The van der Waals surface area contributed by atoms with Gasteiger partial charge < -0.3 is 14.7 Å². The Morgan fingerprint density at radius 3 is 1.18 bits per heavy atom. The monoisotopic (exact) mass is 924 g/mol. The lowest BCUT2D eigenvalue weighted by Gasteiger charge is -2.18. The van der Waals surface area contributed by atoms with Crippen molar-refractivity contribution in [3.8, 4) is 0 Å². The maximum absolute atomic E-state index is 13.4. The molecule has 3 atom stereocenters. The molecule has 6 heterocycles. The van der Waals surface area contributed by atoms with Crippen LogP contribution in [-0.4, -0.2) is 67.0 Å². The smallest absolute Gasteiger partial charge is 0.223 e. The Labute approximate surface area is 383 Å². The number of aromatic nitrogens is 3. The topological polar surface area (TPSA) is 99.6 Å². The number of carbonyl (C=O) groups excluding carboxylic acids is 3. The van der Waals surface area contributed by atoms with Gasteiger partial charge in [0.2, 0.25) is 17.7 Å². The molecule has 3 aliphatic heterocycles. The number of hydrogen-bond donors (Lipinski definition) is 0. The predicted molar refractivity (Wildman–Crippen MR) is 234 cm³/mol. The fourth-order valence-electron chi connectivity index (χ4n) is 8.49. The lowest BCUT2D eigenvalue weighted by atomic mass is 9.98. The Morgan fingerprint density at radius 2 is 0.806 bits per heavy atom. The third kappa shape index (κ3) is 11.9. The zero-order valence-corrected chi connectivity index (χ0v) is 37.0. The number of amides is 3. The highest BCUT2D eigenvalue weighted by Crippen LogP contribution is 2.33. The molecule has 16 heteroatoms. The second-order valence-corrected chi connectivity index (χ2v) is 17.1. The van der Waals surface area contributed by atoms with Crippen molar-refractivity contribution < 1.29 is 45.1 Å². The van der Waals surface area contributed by atoms with Gasteiger partial charge in [0.25, 0.3) is 0 Å². The fraction of sp³-hybridized carbons (Fsp3) is 0.294. The number of likely N-dealkylation sites (tertiary alicyclic amines) is 3. The molecule has 0 N–H and O–H groups in total. The van der Waals surface area contributed by atoms with E-state index < -0.39 is 40.7 Å². The molecule has 9 rings (SSSR count). The summed E-state index contributed by atoms with van der Waals surface area (Å²) in [4.78, 5) is 53.7. The fourth-order valence-corrected chi connectivity index (χ4v) is 8.49. The number of pyridine rings is 3. The molecule has 9 nitrogen and oxygen atoms in total. The van der Waals surface area contributed by atoms with E-state index in [0.717, 1.165) is 57.6 Å². The van der Waals surface area contributed by atoms with E-state index >= 15 is 0 Å². The van der Waals surface area contributed by atoms with E-state index in [1.807, 2.05) is 39.0 Å². The second kappa shape index (κ2) is 21.1. The Hall–Kier alpha value is -6.97. The summed E-state index contributed by atoms with van der Waals surface area (Å²) in [6, 6.07) is 14.9. The molecule has 3 aromatic heterocycles. The number of halogens is 7. The number of hydrogen-bond acceptors (Lipinski definition) is 6. The van der Waals surface area contributed by atoms with E-state index in [2.05, 4.69) is 15.0 Å². The van der Waals surface area contributed by atoms with Crippen LogP contribution in [0.15, 0.2) is 104 Å². The van der Waals surface area contributed by atoms with Crippen LogP contribution in [0.1, 0.15) is 87.1 Å². The van der Waals surface area contributed by atoms with Gasteiger partial charge in [0.15, 0.2) is 29.1 Å². The molecular weight excluding hydrogens is 878 g/mol. The van der Waals surface area contributed by atoms with E-state index in [1.54, 1.807) is 57.9 Å². The van der Waals surface area contributed by atoms with Crippen molar-refractivity contribution >= 4 is 17.7 Å². The summed E-state index contributed by atoms with van der Waals surface area (Å²) >= 11 is 0. The predicted octanol–water partition coefficient (Wildman–Crippen LogP) is 9.69. The van der Waals surface area contributed by atoms with Gasteiger partial charge in [-0.3, -0.25) is 29.3 Å². The zero-order valence-electron chi connectivity index (χ0n) is 37.0. The molecule has 0 bridgehead atoms. The molecule has 67 heavy (non-hydrogen) atoms. The maximum Gasteiger partial charge on any atom is 0.223 e. The molecular formula is C51H47F7N6O3. The highest BCUT2D eigenvalue weighted by molar-refractivity contribution is 5.81.